The molecule has 2 saturated heterocycles. The fourth-order valence-corrected chi connectivity index (χ4v) is 6.31. The number of aryl methyl sites for hydroxylation is 1. The third kappa shape index (κ3) is 5.41. The molecule has 8 heteroatoms. The van der Waals surface area contributed by atoms with Crippen LogP contribution in [0.2, 0.25) is 0 Å². The van der Waals surface area contributed by atoms with Crippen molar-refractivity contribution in [1.82, 2.24) is 19.4 Å². The fraction of sp³-hybridized carbons (Fsp3) is 0.581. The number of fused-ring (bicyclic) bond motifs is 1. The molecule has 0 spiro atoms. The number of likely N-dealkylation sites (tertiary alicyclic amines) is 1. The lowest BCUT2D eigenvalue weighted by Crippen LogP contribution is -2.36. The molecule has 5 heterocycles. The van der Waals surface area contributed by atoms with Gasteiger partial charge in [-0.25, -0.2) is 15.0 Å². The van der Waals surface area contributed by atoms with Gasteiger partial charge in [0.2, 0.25) is 0 Å². The summed E-state index contributed by atoms with van der Waals surface area (Å²) in [6.45, 7) is 10.6. The first-order valence-corrected chi connectivity index (χ1v) is 15.1. The van der Waals surface area contributed by atoms with Gasteiger partial charge >= 0.3 is 0 Å². The molecule has 8 nitrogen and oxygen atoms in total. The Kier molecular flexibility index (Phi) is 6.99. The Morgan fingerprint density at radius 2 is 1.77 bits per heavy atom. The van der Waals surface area contributed by atoms with Gasteiger partial charge in [0.25, 0.3) is 0 Å². The second kappa shape index (κ2) is 10.9. The van der Waals surface area contributed by atoms with E-state index in [-0.39, 0.29) is 0 Å². The quantitative estimate of drug-likeness (QED) is 0.432. The van der Waals surface area contributed by atoms with E-state index in [4.69, 9.17) is 19.8 Å². The van der Waals surface area contributed by atoms with Gasteiger partial charge in [0.1, 0.15) is 11.3 Å². The third-order valence-electron chi connectivity index (χ3n) is 8.69. The highest BCUT2D eigenvalue weighted by Crippen LogP contribution is 2.36. The Labute approximate surface area is 231 Å². The summed E-state index contributed by atoms with van der Waals surface area (Å²) >= 11 is 0. The number of piperidine rings is 1. The molecule has 1 aliphatic carbocycles. The number of aromatic nitrogens is 3. The van der Waals surface area contributed by atoms with Crippen LogP contribution in [0.1, 0.15) is 61.9 Å². The van der Waals surface area contributed by atoms with Crippen LogP contribution in [0.4, 0.5) is 11.5 Å². The second-order valence-corrected chi connectivity index (χ2v) is 11.8. The number of morpholine rings is 1. The molecule has 0 atom stereocenters. The molecule has 1 aromatic carbocycles. The van der Waals surface area contributed by atoms with Crippen LogP contribution in [0.15, 0.2) is 35.4 Å². The van der Waals surface area contributed by atoms with Gasteiger partial charge in [-0.05, 0) is 70.0 Å². The molecule has 7 rings (SSSR count). The zero-order valence-electron chi connectivity index (χ0n) is 23.3. The van der Waals surface area contributed by atoms with E-state index < -0.39 is 0 Å². The zero-order chi connectivity index (χ0) is 26.2. The molecule has 1 saturated carbocycles. The van der Waals surface area contributed by atoms with Crippen molar-refractivity contribution in [3.05, 3.63) is 47.3 Å². The van der Waals surface area contributed by atoms with E-state index in [1.54, 1.807) is 0 Å². The van der Waals surface area contributed by atoms with E-state index in [1.807, 2.05) is 0 Å². The number of rotatable bonds is 7. The molecule has 3 fully saturated rings. The highest BCUT2D eigenvalue weighted by molar-refractivity contribution is 6.01. The molecule has 2 aromatic heterocycles. The standard InChI is InChI=1S/C31H41N7O/c1-23-7-5-8-25(19-23)26-9-6-14-38(34-26)28-20-27(36-15-17-39-18-16-36)30-31(33-28)37(21-24-10-11-24)29(32-30)22-35-12-3-2-4-13-35/h5,7-8,19-20,24H,2-4,6,9-18,21-22H2,1H3. The first-order chi connectivity index (χ1) is 19.2. The van der Waals surface area contributed by atoms with Crippen LogP contribution < -0.4 is 9.91 Å². The predicted octanol–water partition coefficient (Wildman–Crippen LogP) is 4.98. The Bertz CT molecular complexity index is 1350. The number of anilines is 2. The monoisotopic (exact) mass is 527 g/mol. The zero-order valence-corrected chi connectivity index (χ0v) is 23.3. The number of hydrogen-bond donors (Lipinski definition) is 0. The van der Waals surface area contributed by atoms with Crippen molar-refractivity contribution < 1.29 is 4.74 Å². The highest BCUT2D eigenvalue weighted by atomic mass is 16.5. The van der Waals surface area contributed by atoms with E-state index in [0.29, 0.717) is 0 Å². The largest absolute Gasteiger partial charge is 0.378 e. The molecular weight excluding hydrogens is 486 g/mol. The summed E-state index contributed by atoms with van der Waals surface area (Å²) in [6, 6.07) is 11.0. The predicted molar refractivity (Wildman–Crippen MR) is 157 cm³/mol. The first-order valence-electron chi connectivity index (χ1n) is 15.1. The number of hydrogen-bond acceptors (Lipinski definition) is 7. The van der Waals surface area contributed by atoms with Crippen molar-refractivity contribution >= 4 is 28.4 Å². The maximum Gasteiger partial charge on any atom is 0.164 e. The van der Waals surface area contributed by atoms with Crippen molar-refractivity contribution in [2.24, 2.45) is 11.0 Å². The van der Waals surface area contributed by atoms with Gasteiger partial charge in [-0.3, -0.25) is 4.90 Å². The summed E-state index contributed by atoms with van der Waals surface area (Å²) in [4.78, 5) is 15.7. The van der Waals surface area contributed by atoms with Gasteiger partial charge in [0, 0.05) is 32.2 Å². The maximum atomic E-state index is 5.72. The van der Waals surface area contributed by atoms with Crippen LogP contribution in [-0.4, -0.2) is 71.1 Å². The van der Waals surface area contributed by atoms with Crippen LogP contribution in [-0.2, 0) is 17.8 Å². The smallest absolute Gasteiger partial charge is 0.164 e. The molecule has 0 radical (unpaired) electrons. The van der Waals surface area contributed by atoms with Gasteiger partial charge in [-0.1, -0.05) is 36.2 Å². The number of ether oxygens (including phenoxy) is 1. The van der Waals surface area contributed by atoms with Crippen molar-refractivity contribution in [2.75, 3.05) is 55.8 Å². The minimum absolute atomic E-state index is 0.751. The summed E-state index contributed by atoms with van der Waals surface area (Å²) in [5.41, 5.74) is 6.91. The van der Waals surface area contributed by atoms with Gasteiger partial charge in [-0.2, -0.15) is 5.10 Å². The van der Waals surface area contributed by atoms with Crippen molar-refractivity contribution in [2.45, 2.75) is 65.0 Å². The molecule has 39 heavy (non-hydrogen) atoms. The van der Waals surface area contributed by atoms with Gasteiger partial charge in [0.05, 0.1) is 31.2 Å². The topological polar surface area (TPSA) is 62.0 Å². The lowest BCUT2D eigenvalue weighted by atomic mass is 10.0. The molecule has 206 valence electrons. The lowest BCUT2D eigenvalue weighted by Gasteiger charge is -2.30. The average molecular weight is 528 g/mol. The minimum atomic E-state index is 0.751. The summed E-state index contributed by atoms with van der Waals surface area (Å²) in [5.74, 6) is 2.87. The van der Waals surface area contributed by atoms with Crippen LogP contribution in [0.25, 0.3) is 11.2 Å². The van der Waals surface area contributed by atoms with E-state index in [2.05, 4.69) is 56.6 Å². The number of pyridine rings is 1. The third-order valence-corrected chi connectivity index (χ3v) is 8.69. The Hall–Kier alpha value is -2.97. The number of hydrazone groups is 1. The van der Waals surface area contributed by atoms with Gasteiger partial charge in [0.15, 0.2) is 11.5 Å². The van der Waals surface area contributed by atoms with Gasteiger partial charge in [-0.15, -0.1) is 0 Å². The fourth-order valence-electron chi connectivity index (χ4n) is 6.31. The second-order valence-electron chi connectivity index (χ2n) is 11.8. The van der Waals surface area contributed by atoms with E-state index in [1.165, 1.54) is 67.8 Å². The molecule has 0 bridgehead atoms. The van der Waals surface area contributed by atoms with Gasteiger partial charge < -0.3 is 14.2 Å². The molecular formula is C31H41N7O. The van der Waals surface area contributed by atoms with E-state index >= 15 is 0 Å². The Balaban J connectivity index is 1.32. The Morgan fingerprint density at radius 1 is 0.923 bits per heavy atom. The summed E-state index contributed by atoms with van der Waals surface area (Å²) in [6.07, 6.45) is 8.63. The molecule has 4 aliphatic rings. The lowest BCUT2D eigenvalue weighted by molar-refractivity contribution is 0.123. The van der Waals surface area contributed by atoms with Crippen LogP contribution in [0.3, 0.4) is 0 Å². The number of nitrogens with zero attached hydrogens (tertiary/aromatic N) is 7. The highest BCUT2D eigenvalue weighted by Gasteiger charge is 2.29. The summed E-state index contributed by atoms with van der Waals surface area (Å²) in [7, 11) is 0. The summed E-state index contributed by atoms with van der Waals surface area (Å²) < 4.78 is 8.18. The normalized spacial score (nSPS) is 21.0. The number of benzene rings is 1. The van der Waals surface area contributed by atoms with Crippen molar-refractivity contribution in [3.63, 3.8) is 0 Å². The van der Waals surface area contributed by atoms with Crippen LogP contribution in [0.5, 0.6) is 0 Å². The van der Waals surface area contributed by atoms with Crippen molar-refractivity contribution in [3.8, 4) is 0 Å². The van der Waals surface area contributed by atoms with E-state index in [9.17, 15) is 0 Å². The maximum absolute atomic E-state index is 5.72. The van der Waals surface area contributed by atoms with Crippen LogP contribution >= 0.6 is 0 Å². The molecule has 3 aliphatic heterocycles. The molecule has 0 amide bonds. The van der Waals surface area contributed by atoms with Crippen LogP contribution in [0, 0.1) is 12.8 Å². The molecule has 0 N–H and O–H groups in total. The number of imidazole rings is 1. The van der Waals surface area contributed by atoms with Crippen molar-refractivity contribution in [1.29, 1.82) is 0 Å². The minimum Gasteiger partial charge on any atom is -0.378 e. The average Bonchev–Trinajstić information content (AvgIpc) is 3.75. The summed E-state index contributed by atoms with van der Waals surface area (Å²) in [5, 5.41) is 7.31. The first kappa shape index (κ1) is 25.0. The molecule has 3 aromatic rings. The molecule has 0 unspecified atom stereocenters. The Morgan fingerprint density at radius 3 is 2.56 bits per heavy atom. The van der Waals surface area contributed by atoms with E-state index in [0.717, 1.165) is 87.4 Å². The SMILES string of the molecule is Cc1cccc(C2=NN(c3cc(N4CCOCC4)c4nc(CN5CCCCC5)n(CC5CC5)c4n3)CCC2)c1.